The van der Waals surface area contributed by atoms with Crippen LogP contribution < -0.4 is 10.6 Å². The van der Waals surface area contributed by atoms with Crippen LogP contribution in [0.2, 0.25) is 0 Å². The van der Waals surface area contributed by atoms with Crippen LogP contribution in [0, 0.1) is 0 Å². The van der Waals surface area contributed by atoms with Gasteiger partial charge in [-0.2, -0.15) is 0 Å². The predicted molar refractivity (Wildman–Crippen MR) is 79.1 cm³/mol. The number of carbonyl (C=O) groups is 1. The van der Waals surface area contributed by atoms with Crippen molar-refractivity contribution in [1.29, 1.82) is 0 Å². The minimum absolute atomic E-state index is 0.117. The van der Waals surface area contributed by atoms with Gasteiger partial charge in [-0.1, -0.05) is 6.07 Å². The molecule has 6 heteroatoms. The lowest BCUT2D eigenvalue weighted by Crippen LogP contribution is -2.27. The second kappa shape index (κ2) is 5.13. The van der Waals surface area contributed by atoms with Crippen LogP contribution in [-0.2, 0) is 6.54 Å². The zero-order chi connectivity index (χ0) is 14.1. The van der Waals surface area contributed by atoms with Crippen LogP contribution in [0.4, 0.5) is 11.5 Å². The van der Waals surface area contributed by atoms with E-state index in [1.807, 2.05) is 11.4 Å². The molecule has 1 aliphatic carbocycles. The Kier molecular flexibility index (Phi) is 3.31. The molecule has 2 aromatic heterocycles. The molecule has 0 saturated heterocycles. The lowest BCUT2D eigenvalue weighted by molar-refractivity contribution is 0.0698. The molecule has 0 bridgehead atoms. The van der Waals surface area contributed by atoms with E-state index in [9.17, 15) is 4.79 Å². The van der Waals surface area contributed by atoms with Crippen molar-refractivity contribution in [2.24, 2.45) is 0 Å². The number of aromatic nitrogens is 1. The van der Waals surface area contributed by atoms with E-state index in [1.54, 1.807) is 11.3 Å². The number of hydrogen-bond acceptors (Lipinski definition) is 5. The molecule has 0 aromatic carbocycles. The summed E-state index contributed by atoms with van der Waals surface area (Å²) in [5.74, 6) is -0.432. The van der Waals surface area contributed by atoms with Crippen molar-refractivity contribution in [3.05, 3.63) is 40.2 Å². The summed E-state index contributed by atoms with van der Waals surface area (Å²) in [4.78, 5) is 18.8. The number of pyridine rings is 1. The van der Waals surface area contributed by atoms with Crippen LogP contribution >= 0.6 is 11.3 Å². The van der Waals surface area contributed by atoms with Crippen molar-refractivity contribution in [2.75, 3.05) is 10.6 Å². The molecule has 1 fully saturated rings. The fraction of sp³-hybridized carbons (Fsp3) is 0.286. The van der Waals surface area contributed by atoms with Crippen LogP contribution in [0.1, 0.15) is 28.1 Å². The molecule has 2 heterocycles. The van der Waals surface area contributed by atoms with Gasteiger partial charge in [0.1, 0.15) is 0 Å². The highest BCUT2D eigenvalue weighted by atomic mass is 32.1. The smallest absolute Gasteiger partial charge is 0.337 e. The van der Waals surface area contributed by atoms with Gasteiger partial charge < -0.3 is 15.7 Å². The molecule has 0 unspecified atom stereocenters. The lowest BCUT2D eigenvalue weighted by atomic mass is 10.2. The summed E-state index contributed by atoms with van der Waals surface area (Å²) in [6, 6.07) is 5.93. The fourth-order valence-corrected chi connectivity index (χ4v) is 2.91. The molecule has 0 spiro atoms. The highest BCUT2D eigenvalue weighted by molar-refractivity contribution is 7.09. The minimum atomic E-state index is -1.02. The molecule has 20 heavy (non-hydrogen) atoms. The predicted octanol–water partition coefficient (Wildman–Crippen LogP) is 2.59. The highest BCUT2D eigenvalue weighted by Crippen LogP contribution is 2.36. The number of nitrogen functional groups attached to an aromatic ring is 1. The summed E-state index contributed by atoms with van der Waals surface area (Å²) in [5, 5.41) is 11.2. The Morgan fingerprint density at radius 2 is 2.30 bits per heavy atom. The number of aromatic carboxylic acids is 1. The maximum Gasteiger partial charge on any atom is 0.337 e. The molecule has 0 aliphatic heterocycles. The second-order valence-corrected chi connectivity index (χ2v) is 5.87. The van der Waals surface area contributed by atoms with Gasteiger partial charge in [0, 0.05) is 17.1 Å². The Morgan fingerprint density at radius 3 is 2.90 bits per heavy atom. The Balaban J connectivity index is 1.95. The van der Waals surface area contributed by atoms with Gasteiger partial charge in [0.25, 0.3) is 0 Å². The van der Waals surface area contributed by atoms with Gasteiger partial charge >= 0.3 is 5.97 Å². The Bertz CT molecular complexity index is 623. The minimum Gasteiger partial charge on any atom is -0.478 e. The van der Waals surface area contributed by atoms with Crippen molar-refractivity contribution >= 4 is 28.8 Å². The first-order valence-corrected chi connectivity index (χ1v) is 7.31. The van der Waals surface area contributed by atoms with E-state index >= 15 is 0 Å². The molecule has 0 radical (unpaired) electrons. The average molecular weight is 289 g/mol. The van der Waals surface area contributed by atoms with Crippen LogP contribution in [0.15, 0.2) is 29.8 Å². The number of nitrogens with zero attached hydrogens (tertiary/aromatic N) is 2. The van der Waals surface area contributed by atoms with E-state index in [4.69, 9.17) is 10.8 Å². The SMILES string of the molecule is Nc1c(C(=O)O)ccnc1N(Cc1cccs1)C1CC1. The van der Waals surface area contributed by atoms with Crippen LogP contribution in [0.25, 0.3) is 0 Å². The van der Waals surface area contributed by atoms with Crippen molar-refractivity contribution < 1.29 is 9.90 Å². The van der Waals surface area contributed by atoms with E-state index in [-0.39, 0.29) is 11.3 Å². The van der Waals surface area contributed by atoms with Gasteiger partial charge in [-0.25, -0.2) is 9.78 Å². The lowest BCUT2D eigenvalue weighted by Gasteiger charge is -2.24. The first-order valence-electron chi connectivity index (χ1n) is 6.43. The molecule has 104 valence electrons. The number of thiophene rings is 1. The fourth-order valence-electron chi connectivity index (χ4n) is 2.21. The summed E-state index contributed by atoms with van der Waals surface area (Å²) in [6.07, 6.45) is 3.71. The van der Waals surface area contributed by atoms with Gasteiger partial charge in [0.15, 0.2) is 5.82 Å². The molecular formula is C14H15N3O2S. The normalized spacial score (nSPS) is 14.2. The van der Waals surface area contributed by atoms with Gasteiger partial charge in [-0.3, -0.25) is 0 Å². The zero-order valence-electron chi connectivity index (χ0n) is 10.8. The molecule has 0 amide bonds. The summed E-state index contributed by atoms with van der Waals surface area (Å²) >= 11 is 1.68. The van der Waals surface area contributed by atoms with Crippen LogP contribution in [0.3, 0.4) is 0 Å². The van der Waals surface area contributed by atoms with E-state index in [0.717, 1.165) is 19.4 Å². The topological polar surface area (TPSA) is 79.5 Å². The maximum absolute atomic E-state index is 11.2. The maximum atomic E-state index is 11.2. The van der Waals surface area contributed by atoms with Gasteiger partial charge in [0.2, 0.25) is 0 Å². The molecule has 3 rings (SSSR count). The van der Waals surface area contributed by atoms with E-state index < -0.39 is 5.97 Å². The van der Waals surface area contributed by atoms with Crippen molar-refractivity contribution in [1.82, 2.24) is 4.98 Å². The number of carboxylic acids is 1. The quantitative estimate of drug-likeness (QED) is 0.884. The Morgan fingerprint density at radius 1 is 1.50 bits per heavy atom. The molecule has 2 aromatic rings. The van der Waals surface area contributed by atoms with E-state index in [1.165, 1.54) is 17.1 Å². The Labute approximate surface area is 120 Å². The summed E-state index contributed by atoms with van der Waals surface area (Å²) < 4.78 is 0. The summed E-state index contributed by atoms with van der Waals surface area (Å²) in [6.45, 7) is 0.725. The third-order valence-electron chi connectivity index (χ3n) is 3.37. The number of nitrogens with two attached hydrogens (primary N) is 1. The average Bonchev–Trinajstić information content (AvgIpc) is 3.14. The van der Waals surface area contributed by atoms with Crippen molar-refractivity contribution in [3.63, 3.8) is 0 Å². The van der Waals surface area contributed by atoms with E-state index in [0.29, 0.717) is 11.9 Å². The number of anilines is 2. The molecule has 1 saturated carbocycles. The Hall–Kier alpha value is -2.08. The number of rotatable bonds is 5. The summed E-state index contributed by atoms with van der Waals surface area (Å²) in [7, 11) is 0. The zero-order valence-corrected chi connectivity index (χ0v) is 11.6. The summed E-state index contributed by atoms with van der Waals surface area (Å²) in [5.41, 5.74) is 6.37. The first kappa shape index (κ1) is 12.9. The van der Waals surface area contributed by atoms with Crippen molar-refractivity contribution in [2.45, 2.75) is 25.4 Å². The first-order chi connectivity index (χ1) is 9.66. The standard InChI is InChI=1S/C14H15N3O2S/c15-12-11(14(18)19)5-6-16-13(12)17(9-3-4-9)8-10-2-1-7-20-10/h1-2,5-7,9H,3-4,8,15H2,(H,18,19). The van der Waals surface area contributed by atoms with Gasteiger partial charge in [-0.15, -0.1) is 11.3 Å². The van der Waals surface area contributed by atoms with Crippen LogP contribution in [0.5, 0.6) is 0 Å². The molecule has 3 N–H and O–H groups in total. The van der Waals surface area contributed by atoms with Gasteiger partial charge in [-0.05, 0) is 30.4 Å². The second-order valence-electron chi connectivity index (χ2n) is 4.84. The molecule has 1 aliphatic rings. The number of hydrogen-bond donors (Lipinski definition) is 2. The molecule has 0 atom stereocenters. The monoisotopic (exact) mass is 289 g/mol. The molecular weight excluding hydrogens is 274 g/mol. The van der Waals surface area contributed by atoms with Gasteiger partial charge in [0.05, 0.1) is 17.8 Å². The number of carboxylic acid groups (broad SMARTS) is 1. The largest absolute Gasteiger partial charge is 0.478 e. The van der Waals surface area contributed by atoms with Crippen LogP contribution in [-0.4, -0.2) is 22.1 Å². The third kappa shape index (κ3) is 2.46. The highest BCUT2D eigenvalue weighted by Gasteiger charge is 2.32. The third-order valence-corrected chi connectivity index (χ3v) is 4.23. The van der Waals surface area contributed by atoms with E-state index in [2.05, 4.69) is 16.0 Å². The molecule has 5 nitrogen and oxygen atoms in total. The van der Waals surface area contributed by atoms with Crippen molar-refractivity contribution in [3.8, 4) is 0 Å².